The van der Waals surface area contributed by atoms with Gasteiger partial charge in [-0.2, -0.15) is 0 Å². The predicted molar refractivity (Wildman–Crippen MR) is 135 cm³/mol. The first-order chi connectivity index (χ1) is 13.6. The Bertz CT molecular complexity index is 1060. The van der Waals surface area contributed by atoms with E-state index in [4.69, 9.17) is 4.74 Å². The summed E-state index contributed by atoms with van der Waals surface area (Å²) in [6.07, 6.45) is 4.74. The number of hydrogen-bond acceptors (Lipinski definition) is 5. The monoisotopic (exact) mass is 751 g/mol. The topological polar surface area (TPSA) is 83.5 Å². The molecular formula is C20H18I3O5S-. The van der Waals surface area contributed by atoms with E-state index in [2.05, 4.69) is 67.8 Å². The predicted octanol–water partition coefficient (Wildman–Crippen LogP) is 5.98. The zero-order valence-electron chi connectivity index (χ0n) is 15.5. The minimum Gasteiger partial charge on any atom is -0.744 e. The molecule has 0 spiro atoms. The van der Waals surface area contributed by atoms with Crippen LogP contribution in [0.4, 0.5) is 0 Å². The Balaban J connectivity index is 2.03. The van der Waals surface area contributed by atoms with Crippen molar-refractivity contribution in [3.63, 3.8) is 0 Å². The minimum absolute atomic E-state index is 0.0146. The Labute approximate surface area is 211 Å². The SMILES string of the molecule is Cc1cc(S(=O)(=O)[O-])c(C2CCCCC2)cc1OC(=O)c1cc(I)cc(I)c1I. The molecule has 29 heavy (non-hydrogen) atoms. The average Bonchev–Trinajstić information content (AvgIpc) is 2.65. The van der Waals surface area contributed by atoms with Gasteiger partial charge >= 0.3 is 5.97 Å². The van der Waals surface area contributed by atoms with Gasteiger partial charge in [0, 0.05) is 10.7 Å². The first-order valence-electron chi connectivity index (χ1n) is 9.05. The third kappa shape index (κ3) is 5.63. The van der Waals surface area contributed by atoms with Crippen LogP contribution < -0.4 is 4.74 Å². The van der Waals surface area contributed by atoms with Gasteiger partial charge in [-0.15, -0.1) is 0 Å². The van der Waals surface area contributed by atoms with Gasteiger partial charge in [-0.05, 0) is 129 Å². The molecule has 0 bridgehead atoms. The Morgan fingerprint density at radius 2 is 1.72 bits per heavy atom. The van der Waals surface area contributed by atoms with E-state index in [1.807, 2.05) is 6.07 Å². The van der Waals surface area contributed by atoms with Crippen molar-refractivity contribution in [2.75, 3.05) is 0 Å². The second-order valence-corrected chi connectivity index (χ2v) is 11.9. The maximum atomic E-state index is 12.8. The Morgan fingerprint density at radius 1 is 1.07 bits per heavy atom. The van der Waals surface area contributed by atoms with Crippen LogP contribution in [0.5, 0.6) is 5.75 Å². The summed E-state index contributed by atoms with van der Waals surface area (Å²) in [6, 6.07) is 6.67. The first kappa shape index (κ1) is 23.7. The maximum Gasteiger partial charge on any atom is 0.344 e. The highest BCUT2D eigenvalue weighted by atomic mass is 127. The molecule has 0 radical (unpaired) electrons. The molecule has 3 rings (SSSR count). The molecule has 1 aliphatic rings. The van der Waals surface area contributed by atoms with Crippen molar-refractivity contribution in [2.24, 2.45) is 0 Å². The molecule has 0 aliphatic heterocycles. The fourth-order valence-corrected chi connectivity index (χ4v) is 6.81. The lowest BCUT2D eigenvalue weighted by molar-refractivity contribution is 0.0732. The van der Waals surface area contributed by atoms with E-state index >= 15 is 0 Å². The van der Waals surface area contributed by atoms with Crippen LogP contribution in [0.15, 0.2) is 29.2 Å². The third-order valence-corrected chi connectivity index (χ3v) is 9.60. The summed E-state index contributed by atoms with van der Waals surface area (Å²) in [5.74, 6) is -0.215. The number of ether oxygens (including phenoxy) is 1. The summed E-state index contributed by atoms with van der Waals surface area (Å²) < 4.78 is 43.9. The molecule has 0 unspecified atom stereocenters. The standard InChI is InChI=1S/C20H19I3O5S/c1-11-7-18(29(25,26)27)14(12-5-3-2-4-6-12)10-17(11)28-20(24)15-8-13(21)9-16(22)19(15)23/h7-10,12H,2-6H2,1H3,(H,25,26,27)/p-1. The van der Waals surface area contributed by atoms with Crippen molar-refractivity contribution in [1.82, 2.24) is 0 Å². The summed E-state index contributed by atoms with van der Waals surface area (Å²) in [6.45, 7) is 1.64. The van der Waals surface area contributed by atoms with Crippen LogP contribution in [0.25, 0.3) is 0 Å². The van der Waals surface area contributed by atoms with E-state index in [1.165, 1.54) is 6.07 Å². The number of carbonyl (C=O) groups is 1. The lowest BCUT2D eigenvalue weighted by Crippen LogP contribution is -2.15. The molecule has 0 aromatic heterocycles. The van der Waals surface area contributed by atoms with Gasteiger partial charge < -0.3 is 9.29 Å². The van der Waals surface area contributed by atoms with Crippen molar-refractivity contribution < 1.29 is 22.5 Å². The Kier molecular flexibility index (Phi) is 7.88. The van der Waals surface area contributed by atoms with E-state index in [0.29, 0.717) is 22.4 Å². The summed E-state index contributed by atoms with van der Waals surface area (Å²) in [4.78, 5) is 12.7. The summed E-state index contributed by atoms with van der Waals surface area (Å²) in [5, 5.41) is 0. The lowest BCUT2D eigenvalue weighted by Gasteiger charge is -2.26. The summed E-state index contributed by atoms with van der Waals surface area (Å²) in [7, 11) is -4.61. The van der Waals surface area contributed by atoms with Gasteiger partial charge in [0.1, 0.15) is 15.9 Å². The highest BCUT2D eigenvalue weighted by molar-refractivity contribution is 14.1. The molecule has 1 aliphatic carbocycles. The van der Waals surface area contributed by atoms with E-state index < -0.39 is 16.1 Å². The molecule has 0 saturated heterocycles. The molecule has 1 fully saturated rings. The fourth-order valence-electron chi connectivity index (χ4n) is 3.60. The van der Waals surface area contributed by atoms with Crippen molar-refractivity contribution in [3.05, 3.63) is 51.7 Å². The third-order valence-electron chi connectivity index (χ3n) is 5.04. The fraction of sp³-hybridized carbons (Fsp3) is 0.350. The molecule has 2 aromatic rings. The molecule has 5 nitrogen and oxygen atoms in total. The summed E-state index contributed by atoms with van der Waals surface area (Å²) in [5.41, 5.74) is 1.38. The van der Waals surface area contributed by atoms with Crippen LogP contribution in [-0.2, 0) is 10.1 Å². The van der Waals surface area contributed by atoms with Gasteiger partial charge in [-0.3, -0.25) is 0 Å². The smallest absolute Gasteiger partial charge is 0.344 e. The van der Waals surface area contributed by atoms with Gasteiger partial charge in [0.05, 0.1) is 10.5 Å². The van der Waals surface area contributed by atoms with Gasteiger partial charge in [0.15, 0.2) is 0 Å². The lowest BCUT2D eigenvalue weighted by atomic mass is 9.83. The molecular weight excluding hydrogens is 733 g/mol. The molecule has 9 heteroatoms. The number of halogens is 3. The van der Waals surface area contributed by atoms with E-state index in [9.17, 15) is 17.8 Å². The minimum atomic E-state index is -4.61. The number of esters is 1. The zero-order valence-corrected chi connectivity index (χ0v) is 22.8. The van der Waals surface area contributed by atoms with Gasteiger partial charge in [-0.25, -0.2) is 13.2 Å². The highest BCUT2D eigenvalue weighted by Gasteiger charge is 2.24. The van der Waals surface area contributed by atoms with Crippen molar-refractivity contribution in [3.8, 4) is 5.75 Å². The van der Waals surface area contributed by atoms with Gasteiger partial charge in [0.2, 0.25) is 0 Å². The molecule has 0 amide bonds. The normalized spacial score (nSPS) is 15.3. The van der Waals surface area contributed by atoms with Crippen molar-refractivity contribution in [2.45, 2.75) is 49.8 Å². The van der Waals surface area contributed by atoms with Crippen LogP contribution in [0, 0.1) is 17.6 Å². The average molecular weight is 751 g/mol. The van der Waals surface area contributed by atoms with Gasteiger partial charge in [-0.1, -0.05) is 19.3 Å². The van der Waals surface area contributed by atoms with E-state index in [1.54, 1.807) is 19.1 Å². The number of benzene rings is 2. The van der Waals surface area contributed by atoms with Crippen LogP contribution in [0.2, 0.25) is 0 Å². The molecule has 156 valence electrons. The van der Waals surface area contributed by atoms with Crippen LogP contribution in [-0.4, -0.2) is 18.9 Å². The quantitative estimate of drug-likeness (QED) is 0.126. The van der Waals surface area contributed by atoms with Crippen molar-refractivity contribution >= 4 is 83.9 Å². The number of carbonyl (C=O) groups excluding carboxylic acids is 1. The summed E-state index contributed by atoms with van der Waals surface area (Å²) >= 11 is 6.44. The van der Waals surface area contributed by atoms with E-state index in [0.717, 1.165) is 42.8 Å². The zero-order chi connectivity index (χ0) is 21.3. The molecule has 2 aromatic carbocycles. The largest absolute Gasteiger partial charge is 0.744 e. The van der Waals surface area contributed by atoms with Crippen LogP contribution >= 0.6 is 67.8 Å². The van der Waals surface area contributed by atoms with Gasteiger partial charge in [0.25, 0.3) is 0 Å². The number of aryl methyl sites for hydroxylation is 1. The van der Waals surface area contributed by atoms with Crippen LogP contribution in [0.3, 0.4) is 0 Å². The Morgan fingerprint density at radius 3 is 2.34 bits per heavy atom. The number of hydrogen-bond donors (Lipinski definition) is 0. The molecule has 1 saturated carbocycles. The highest BCUT2D eigenvalue weighted by Crippen LogP contribution is 2.39. The Hall–Kier alpha value is 0.0100. The second-order valence-electron chi connectivity index (χ2n) is 7.08. The first-order valence-corrected chi connectivity index (χ1v) is 13.7. The number of rotatable bonds is 4. The molecule has 0 atom stereocenters. The van der Waals surface area contributed by atoms with Crippen LogP contribution in [0.1, 0.15) is 59.5 Å². The maximum absolute atomic E-state index is 12.8. The molecule has 0 N–H and O–H groups in total. The molecule has 0 heterocycles. The van der Waals surface area contributed by atoms with E-state index in [-0.39, 0.29) is 10.8 Å². The van der Waals surface area contributed by atoms with Crippen molar-refractivity contribution in [1.29, 1.82) is 0 Å². The second kappa shape index (κ2) is 9.65.